The van der Waals surface area contributed by atoms with Gasteiger partial charge in [0.05, 0.1) is 12.0 Å². The molecule has 1 aliphatic heterocycles. The van der Waals surface area contributed by atoms with Crippen molar-refractivity contribution < 1.29 is 9.53 Å². The van der Waals surface area contributed by atoms with Gasteiger partial charge in [-0.3, -0.25) is 4.79 Å². The third kappa shape index (κ3) is 3.51. The number of nitrogens with zero attached hydrogens (tertiary/aromatic N) is 2. The Bertz CT molecular complexity index is 668. The molecule has 0 spiro atoms. The largest absolute Gasteiger partial charge is 0.368 e. The van der Waals surface area contributed by atoms with Crippen LogP contribution in [0.2, 0.25) is 0 Å². The molecule has 1 fully saturated rings. The van der Waals surface area contributed by atoms with Gasteiger partial charge >= 0.3 is 0 Å². The van der Waals surface area contributed by atoms with Crippen LogP contribution >= 0.6 is 0 Å². The predicted octanol–water partition coefficient (Wildman–Crippen LogP) is 2.95. The van der Waals surface area contributed by atoms with Crippen LogP contribution in [0.25, 0.3) is 0 Å². The molecule has 1 N–H and O–H groups in total. The van der Waals surface area contributed by atoms with Crippen LogP contribution in [0.1, 0.15) is 49.6 Å². The zero-order chi connectivity index (χ0) is 16.9. The lowest BCUT2D eigenvalue weighted by molar-refractivity contribution is -0.125. The number of ether oxygens (including phenoxy) is 1. The summed E-state index contributed by atoms with van der Waals surface area (Å²) in [4.78, 5) is 17.3. The zero-order valence-electron chi connectivity index (χ0n) is 14.3. The fourth-order valence-electron chi connectivity index (χ4n) is 3.38. The van der Waals surface area contributed by atoms with Crippen LogP contribution in [0.15, 0.2) is 42.7 Å². The Morgan fingerprint density at radius 3 is 2.88 bits per heavy atom. The Balaban J connectivity index is 1.75. The van der Waals surface area contributed by atoms with Crippen molar-refractivity contribution in [1.29, 1.82) is 0 Å². The van der Waals surface area contributed by atoms with E-state index in [0.717, 1.165) is 30.7 Å². The second-order valence-electron chi connectivity index (χ2n) is 6.32. The molecule has 0 radical (unpaired) electrons. The molecular formula is C19H25N3O2. The molecule has 24 heavy (non-hydrogen) atoms. The average molecular weight is 327 g/mol. The van der Waals surface area contributed by atoms with E-state index in [9.17, 15) is 4.79 Å². The maximum absolute atomic E-state index is 12.8. The van der Waals surface area contributed by atoms with Gasteiger partial charge in [0.25, 0.3) is 0 Å². The molecule has 1 aliphatic rings. The molecular weight excluding hydrogens is 302 g/mol. The van der Waals surface area contributed by atoms with Crippen LogP contribution < -0.4 is 5.32 Å². The molecule has 5 heteroatoms. The summed E-state index contributed by atoms with van der Waals surface area (Å²) < 4.78 is 7.90. The molecule has 128 valence electrons. The lowest BCUT2D eigenvalue weighted by Gasteiger charge is -2.33. The maximum Gasteiger partial charge on any atom is 0.227 e. The Labute approximate surface area is 143 Å². The van der Waals surface area contributed by atoms with Crippen molar-refractivity contribution in [2.45, 2.75) is 44.2 Å². The van der Waals surface area contributed by atoms with Crippen LogP contribution in [0.3, 0.4) is 0 Å². The molecule has 1 aromatic heterocycles. The molecule has 0 bridgehead atoms. The van der Waals surface area contributed by atoms with Crippen LogP contribution in [0.4, 0.5) is 0 Å². The highest BCUT2D eigenvalue weighted by Gasteiger charge is 2.33. The van der Waals surface area contributed by atoms with Crippen molar-refractivity contribution in [2.75, 3.05) is 6.61 Å². The maximum atomic E-state index is 12.8. The highest BCUT2D eigenvalue weighted by atomic mass is 16.5. The molecule has 1 saturated heterocycles. The lowest BCUT2D eigenvalue weighted by Crippen LogP contribution is -2.45. The van der Waals surface area contributed by atoms with Gasteiger partial charge in [0.2, 0.25) is 5.91 Å². The van der Waals surface area contributed by atoms with Crippen molar-refractivity contribution in [2.24, 2.45) is 7.05 Å². The first kappa shape index (κ1) is 16.7. The zero-order valence-corrected chi connectivity index (χ0v) is 14.3. The molecule has 1 aromatic carbocycles. The summed E-state index contributed by atoms with van der Waals surface area (Å²) in [6.45, 7) is 2.75. The normalized spacial score (nSPS) is 22.1. The molecule has 3 rings (SSSR count). The Hall–Kier alpha value is -2.14. The Kier molecular flexibility index (Phi) is 5.30. The number of nitrogens with one attached hydrogen (secondary N) is 1. The number of rotatable bonds is 5. The van der Waals surface area contributed by atoms with E-state index < -0.39 is 0 Å². The molecule has 0 saturated carbocycles. The molecule has 0 aliphatic carbocycles. The third-order valence-electron chi connectivity index (χ3n) is 4.69. The van der Waals surface area contributed by atoms with Gasteiger partial charge in [-0.05, 0) is 24.8 Å². The number of imidazole rings is 1. The summed E-state index contributed by atoms with van der Waals surface area (Å²) in [6, 6.07) is 9.92. The van der Waals surface area contributed by atoms with E-state index in [1.165, 1.54) is 0 Å². The van der Waals surface area contributed by atoms with Crippen molar-refractivity contribution in [3.05, 3.63) is 54.1 Å². The summed E-state index contributed by atoms with van der Waals surface area (Å²) in [7, 11) is 1.96. The van der Waals surface area contributed by atoms with Gasteiger partial charge in [0.1, 0.15) is 11.9 Å². The third-order valence-corrected chi connectivity index (χ3v) is 4.69. The van der Waals surface area contributed by atoms with Crippen molar-refractivity contribution >= 4 is 5.91 Å². The first-order valence-electron chi connectivity index (χ1n) is 8.64. The summed E-state index contributed by atoms with van der Waals surface area (Å²) in [5.41, 5.74) is 1.06. The number of hydrogen-bond acceptors (Lipinski definition) is 3. The van der Waals surface area contributed by atoms with E-state index in [1.807, 2.05) is 55.1 Å². The van der Waals surface area contributed by atoms with Gasteiger partial charge in [0, 0.05) is 26.0 Å². The minimum absolute atomic E-state index is 0.0369. The lowest BCUT2D eigenvalue weighted by atomic mass is 9.94. The van der Waals surface area contributed by atoms with Gasteiger partial charge in [0.15, 0.2) is 0 Å². The monoisotopic (exact) mass is 327 g/mol. The van der Waals surface area contributed by atoms with Crippen LogP contribution in [-0.4, -0.2) is 28.1 Å². The molecule has 5 nitrogen and oxygen atoms in total. The highest BCUT2D eigenvalue weighted by Crippen LogP contribution is 2.28. The van der Waals surface area contributed by atoms with Crippen molar-refractivity contribution in [1.82, 2.24) is 14.9 Å². The second kappa shape index (κ2) is 7.62. The van der Waals surface area contributed by atoms with E-state index >= 15 is 0 Å². The summed E-state index contributed by atoms with van der Waals surface area (Å²) in [5, 5.41) is 3.22. The number of hydrogen-bond donors (Lipinski definition) is 1. The van der Waals surface area contributed by atoms with Crippen LogP contribution in [0.5, 0.6) is 0 Å². The van der Waals surface area contributed by atoms with Gasteiger partial charge in [-0.25, -0.2) is 4.98 Å². The molecule has 3 atom stereocenters. The fourth-order valence-corrected chi connectivity index (χ4v) is 3.38. The highest BCUT2D eigenvalue weighted by molar-refractivity contribution is 5.83. The molecule has 2 heterocycles. The number of aromatic nitrogens is 2. The Morgan fingerprint density at radius 2 is 2.21 bits per heavy atom. The standard InChI is InChI=1S/C19H25N3O2/c1-3-15(14-8-5-4-6-9-14)19(23)21-16-10-7-13-24-17(16)18-20-11-12-22(18)2/h4-6,8-9,11-12,15-17H,3,7,10,13H2,1-2H3,(H,21,23)/t15?,16-,17-/m0/s1. The molecule has 1 amide bonds. The smallest absolute Gasteiger partial charge is 0.227 e. The van der Waals surface area contributed by atoms with Gasteiger partial charge < -0.3 is 14.6 Å². The number of carbonyl (C=O) groups is 1. The van der Waals surface area contributed by atoms with Crippen LogP contribution in [0, 0.1) is 0 Å². The fraction of sp³-hybridized carbons (Fsp3) is 0.474. The molecule has 1 unspecified atom stereocenters. The van der Waals surface area contributed by atoms with Gasteiger partial charge in [-0.2, -0.15) is 0 Å². The number of aryl methyl sites for hydroxylation is 1. The summed E-state index contributed by atoms with van der Waals surface area (Å²) in [5.74, 6) is 0.807. The predicted molar refractivity (Wildman–Crippen MR) is 92.5 cm³/mol. The van der Waals surface area contributed by atoms with Crippen molar-refractivity contribution in [3.63, 3.8) is 0 Å². The van der Waals surface area contributed by atoms with E-state index in [1.54, 1.807) is 6.20 Å². The minimum atomic E-state index is -0.184. The average Bonchev–Trinajstić information content (AvgIpc) is 3.03. The van der Waals surface area contributed by atoms with E-state index in [-0.39, 0.29) is 24.0 Å². The number of amides is 1. The van der Waals surface area contributed by atoms with Gasteiger partial charge in [-0.15, -0.1) is 0 Å². The SMILES string of the molecule is CCC(C(=O)N[C@H]1CCCO[C@@H]1c1nccn1C)c1ccccc1. The second-order valence-corrected chi connectivity index (χ2v) is 6.32. The molecule has 2 aromatic rings. The van der Waals surface area contributed by atoms with E-state index in [4.69, 9.17) is 4.74 Å². The quantitative estimate of drug-likeness (QED) is 0.918. The number of benzene rings is 1. The first-order chi connectivity index (χ1) is 11.7. The number of carbonyl (C=O) groups excluding carboxylic acids is 1. The summed E-state index contributed by atoms with van der Waals surface area (Å²) >= 11 is 0. The van der Waals surface area contributed by atoms with Crippen LogP contribution in [-0.2, 0) is 16.6 Å². The van der Waals surface area contributed by atoms with Crippen molar-refractivity contribution in [3.8, 4) is 0 Å². The summed E-state index contributed by atoms with van der Waals surface area (Å²) in [6.07, 6.45) is 6.13. The topological polar surface area (TPSA) is 56.1 Å². The first-order valence-corrected chi connectivity index (χ1v) is 8.64. The Morgan fingerprint density at radius 1 is 1.42 bits per heavy atom. The van der Waals surface area contributed by atoms with Gasteiger partial charge in [-0.1, -0.05) is 37.3 Å². The van der Waals surface area contributed by atoms with E-state index in [0.29, 0.717) is 6.61 Å². The minimum Gasteiger partial charge on any atom is -0.368 e. The van der Waals surface area contributed by atoms with E-state index in [2.05, 4.69) is 10.3 Å².